The van der Waals surface area contributed by atoms with Gasteiger partial charge in [0, 0.05) is 14.2 Å². The largest absolute Gasteiger partial charge is 0.756 e. The molecule has 0 spiro atoms. The molecule has 1 aliphatic carbocycles. The monoisotopic (exact) mass is 323 g/mol. The molecule has 21 heavy (non-hydrogen) atoms. The Labute approximate surface area is 125 Å². The summed E-state index contributed by atoms with van der Waals surface area (Å²) in [5.74, 6) is 0.0920. The van der Waals surface area contributed by atoms with Crippen molar-refractivity contribution in [2.45, 2.75) is 39.0 Å². The lowest BCUT2D eigenvalue weighted by molar-refractivity contribution is -0.220. The zero-order valence-electron chi connectivity index (χ0n) is 12.7. The summed E-state index contributed by atoms with van der Waals surface area (Å²) in [5.41, 5.74) is 0. The highest BCUT2D eigenvalue weighted by Gasteiger charge is 2.14. The molecule has 1 N–H and O–H groups in total. The first kappa shape index (κ1) is 20.1. The molecule has 0 bridgehead atoms. The number of hydrogen-bond donors (Lipinski definition) is 1. The van der Waals surface area contributed by atoms with E-state index < -0.39 is 13.8 Å². The van der Waals surface area contributed by atoms with Crippen molar-refractivity contribution < 1.29 is 33.1 Å². The van der Waals surface area contributed by atoms with E-state index in [0.717, 1.165) is 33.1 Å². The maximum Gasteiger partial charge on any atom is 0.334 e. The molecule has 124 valence electrons. The number of esters is 1. The lowest BCUT2D eigenvalue weighted by Gasteiger charge is -2.20. The Bertz CT molecular complexity index is 363. The second kappa shape index (κ2) is 10.8. The molecule has 1 rings (SSSR count). The van der Waals surface area contributed by atoms with Crippen LogP contribution in [0.25, 0.3) is 0 Å². The number of phosphoric ester groups is 1. The first-order valence-electron chi connectivity index (χ1n) is 6.77. The Balaban J connectivity index is 0.000000486. The minimum Gasteiger partial charge on any atom is -0.756 e. The molecule has 0 aromatic heterocycles. The normalized spacial score (nSPS) is 16.9. The Morgan fingerprint density at radius 2 is 1.81 bits per heavy atom. The van der Waals surface area contributed by atoms with Gasteiger partial charge >= 0.3 is 5.97 Å². The highest BCUT2D eigenvalue weighted by atomic mass is 31.2. The highest BCUT2D eigenvalue weighted by Crippen LogP contribution is 2.34. The predicted molar refractivity (Wildman–Crippen MR) is 75.5 cm³/mol. The molecule has 1 saturated carbocycles. The van der Waals surface area contributed by atoms with Crippen LogP contribution in [0, 0.1) is 5.92 Å². The number of allylic oxidation sites excluding steroid dienone is 1. The van der Waals surface area contributed by atoms with Gasteiger partial charge < -0.3 is 23.8 Å². The van der Waals surface area contributed by atoms with Crippen molar-refractivity contribution in [2.75, 3.05) is 20.8 Å². The summed E-state index contributed by atoms with van der Waals surface area (Å²) in [5, 5.41) is 8.82. The van der Waals surface area contributed by atoms with Crippen LogP contribution >= 0.6 is 7.82 Å². The van der Waals surface area contributed by atoms with Crippen LogP contribution in [0.3, 0.4) is 0 Å². The SMILES string of the molecule is C/C(O)=C/C(=O)OCC1CCCCC1.COP(=O)([O-])OC. The van der Waals surface area contributed by atoms with Crippen molar-refractivity contribution >= 4 is 13.8 Å². The molecule has 0 radical (unpaired) electrons. The van der Waals surface area contributed by atoms with Gasteiger partial charge in [0.05, 0.1) is 18.4 Å². The molecule has 0 unspecified atom stereocenters. The number of hydrogen-bond acceptors (Lipinski definition) is 7. The van der Waals surface area contributed by atoms with Gasteiger partial charge in [-0.15, -0.1) is 0 Å². The first-order valence-corrected chi connectivity index (χ1v) is 8.23. The minimum atomic E-state index is -3.90. The second-order valence-corrected chi connectivity index (χ2v) is 6.36. The Hall–Kier alpha value is -0.880. The molecular weight excluding hydrogens is 299 g/mol. The maximum absolute atomic E-state index is 11.0. The fourth-order valence-corrected chi connectivity index (χ4v) is 1.99. The molecule has 1 aliphatic rings. The van der Waals surface area contributed by atoms with E-state index in [1.54, 1.807) is 0 Å². The van der Waals surface area contributed by atoms with Crippen LogP contribution in [0.1, 0.15) is 39.0 Å². The molecule has 1 fully saturated rings. The van der Waals surface area contributed by atoms with Gasteiger partial charge in [0.2, 0.25) is 0 Å². The van der Waals surface area contributed by atoms with Gasteiger partial charge in [-0.05, 0) is 25.7 Å². The van der Waals surface area contributed by atoms with Gasteiger partial charge in [-0.3, -0.25) is 4.57 Å². The van der Waals surface area contributed by atoms with E-state index in [4.69, 9.17) is 9.84 Å². The van der Waals surface area contributed by atoms with Crippen molar-refractivity contribution in [3.63, 3.8) is 0 Å². The third-order valence-electron chi connectivity index (χ3n) is 2.96. The quantitative estimate of drug-likeness (QED) is 0.358. The van der Waals surface area contributed by atoms with Crippen LogP contribution in [0.15, 0.2) is 11.8 Å². The van der Waals surface area contributed by atoms with Crippen LogP contribution in [0.4, 0.5) is 0 Å². The number of aliphatic hydroxyl groups excluding tert-OH is 1. The van der Waals surface area contributed by atoms with E-state index in [1.807, 2.05) is 0 Å². The highest BCUT2D eigenvalue weighted by molar-refractivity contribution is 7.45. The average molecular weight is 323 g/mol. The Morgan fingerprint density at radius 1 is 1.29 bits per heavy atom. The zero-order valence-corrected chi connectivity index (χ0v) is 13.6. The van der Waals surface area contributed by atoms with Gasteiger partial charge in [0.1, 0.15) is 0 Å². The predicted octanol–water partition coefficient (Wildman–Crippen LogP) is 2.32. The standard InChI is InChI=1S/C11H18O3.C2H7O4P/c1-9(12)7-11(13)14-8-10-5-3-2-4-6-10;1-5-7(3,4)6-2/h7,10,12H,2-6,8H2,1H3;1-2H3,(H,3,4)/p-1/b9-7-;. The molecular formula is C13H24O7P-. The van der Waals surface area contributed by atoms with E-state index in [2.05, 4.69) is 9.05 Å². The maximum atomic E-state index is 11.0. The lowest BCUT2D eigenvalue weighted by atomic mass is 9.90. The van der Waals surface area contributed by atoms with Crippen molar-refractivity contribution in [3.05, 3.63) is 11.8 Å². The van der Waals surface area contributed by atoms with Gasteiger partial charge in [-0.25, -0.2) is 4.79 Å². The second-order valence-electron chi connectivity index (χ2n) is 4.73. The number of ether oxygens (including phenoxy) is 1. The summed E-state index contributed by atoms with van der Waals surface area (Å²) < 4.78 is 22.7. The summed E-state index contributed by atoms with van der Waals surface area (Å²) in [6.45, 7) is 1.96. The number of carbonyl (C=O) groups is 1. The van der Waals surface area contributed by atoms with Crippen LogP contribution in [-0.2, 0) is 23.1 Å². The summed E-state index contributed by atoms with van der Waals surface area (Å²) in [6.07, 6.45) is 7.24. The molecule has 0 aliphatic heterocycles. The molecule has 0 aromatic carbocycles. The van der Waals surface area contributed by atoms with E-state index in [0.29, 0.717) is 12.5 Å². The molecule has 0 heterocycles. The van der Waals surface area contributed by atoms with Crippen LogP contribution in [-0.4, -0.2) is 31.9 Å². The van der Waals surface area contributed by atoms with E-state index in [-0.39, 0.29) is 5.76 Å². The third-order valence-corrected chi connectivity index (χ3v) is 3.85. The summed E-state index contributed by atoms with van der Waals surface area (Å²) in [7, 11) is -1.83. The smallest absolute Gasteiger partial charge is 0.334 e. The Kier molecular flexibility index (Phi) is 10.3. The number of aliphatic hydroxyl groups is 1. The van der Waals surface area contributed by atoms with E-state index in [9.17, 15) is 14.3 Å². The number of phosphoric acid groups is 1. The van der Waals surface area contributed by atoms with Gasteiger partial charge in [0.25, 0.3) is 7.82 Å². The first-order chi connectivity index (χ1) is 9.80. The topological polar surface area (TPSA) is 105 Å². The fraction of sp³-hybridized carbons (Fsp3) is 0.769. The summed E-state index contributed by atoms with van der Waals surface area (Å²) >= 11 is 0. The van der Waals surface area contributed by atoms with E-state index in [1.165, 1.54) is 26.2 Å². The van der Waals surface area contributed by atoms with Gasteiger partial charge in [0.15, 0.2) is 0 Å². The summed E-state index contributed by atoms with van der Waals surface area (Å²) in [4.78, 5) is 21.0. The molecule has 7 nitrogen and oxygen atoms in total. The van der Waals surface area contributed by atoms with Gasteiger partial charge in [-0.1, -0.05) is 19.3 Å². The van der Waals surface area contributed by atoms with Crippen molar-refractivity contribution in [3.8, 4) is 0 Å². The molecule has 8 heteroatoms. The number of rotatable bonds is 5. The van der Waals surface area contributed by atoms with E-state index >= 15 is 0 Å². The minimum absolute atomic E-state index is 0.00126. The summed E-state index contributed by atoms with van der Waals surface area (Å²) in [6, 6.07) is 0. The Morgan fingerprint density at radius 3 is 2.19 bits per heavy atom. The molecule has 0 aromatic rings. The molecule has 0 amide bonds. The van der Waals surface area contributed by atoms with Crippen molar-refractivity contribution in [1.82, 2.24) is 0 Å². The zero-order chi connectivity index (χ0) is 16.3. The van der Waals surface area contributed by atoms with Crippen LogP contribution in [0.2, 0.25) is 0 Å². The third kappa shape index (κ3) is 11.5. The van der Waals surface area contributed by atoms with Crippen LogP contribution in [0.5, 0.6) is 0 Å². The fourth-order valence-electron chi connectivity index (χ4n) is 1.84. The lowest BCUT2D eigenvalue weighted by Crippen LogP contribution is -2.15. The molecule has 0 atom stereocenters. The van der Waals surface area contributed by atoms with Crippen LogP contribution < -0.4 is 4.89 Å². The van der Waals surface area contributed by atoms with Crippen molar-refractivity contribution in [1.29, 1.82) is 0 Å². The van der Waals surface area contributed by atoms with Crippen molar-refractivity contribution in [2.24, 2.45) is 5.92 Å². The average Bonchev–Trinajstić information content (AvgIpc) is 2.46. The van der Waals surface area contributed by atoms with Gasteiger partial charge in [-0.2, -0.15) is 0 Å². The molecule has 0 saturated heterocycles. The number of carbonyl (C=O) groups excluding carboxylic acids is 1.